The van der Waals surface area contributed by atoms with Gasteiger partial charge in [0.15, 0.2) is 0 Å². The van der Waals surface area contributed by atoms with Gasteiger partial charge in [-0.05, 0) is 19.3 Å². The van der Waals surface area contributed by atoms with Crippen molar-refractivity contribution in [3.8, 4) is 0 Å². The topological polar surface area (TPSA) is 96.5 Å². The van der Waals surface area contributed by atoms with Gasteiger partial charge in [-0.25, -0.2) is 4.79 Å². The molecule has 0 aromatic rings. The van der Waals surface area contributed by atoms with E-state index in [1.54, 1.807) is 0 Å². The third kappa shape index (κ3) is 12.2. The van der Waals surface area contributed by atoms with Gasteiger partial charge in [-0.1, -0.05) is 28.0 Å². The molecule has 0 spiro atoms. The maximum absolute atomic E-state index is 11.7. The second kappa shape index (κ2) is 14.9. The number of esters is 1. The SMILES string of the molecule is COC(=O)/C=C/C(=O)NCCNCCNC(=O)CCCC[C@@H]1CCSS1. The second-order valence-corrected chi connectivity index (χ2v) is 8.61. The van der Waals surface area contributed by atoms with E-state index in [1.165, 1.54) is 25.7 Å². The summed E-state index contributed by atoms with van der Waals surface area (Å²) in [6.07, 6.45) is 7.38. The predicted octanol–water partition coefficient (Wildman–Crippen LogP) is 1.25. The van der Waals surface area contributed by atoms with Crippen LogP contribution in [-0.4, -0.2) is 62.1 Å². The molecule has 0 aliphatic carbocycles. The van der Waals surface area contributed by atoms with Crippen LogP contribution in [0, 0.1) is 0 Å². The number of carbonyl (C=O) groups excluding carboxylic acids is 3. The number of nitrogens with one attached hydrogen (secondary N) is 3. The maximum Gasteiger partial charge on any atom is 0.330 e. The Kier molecular flexibility index (Phi) is 13.1. The lowest BCUT2D eigenvalue weighted by atomic mass is 10.1. The van der Waals surface area contributed by atoms with Crippen LogP contribution < -0.4 is 16.0 Å². The van der Waals surface area contributed by atoms with E-state index in [2.05, 4.69) is 20.7 Å². The Hall–Kier alpha value is -1.19. The Morgan fingerprint density at radius 1 is 1.08 bits per heavy atom. The van der Waals surface area contributed by atoms with Crippen molar-refractivity contribution in [2.75, 3.05) is 39.0 Å². The Bertz CT molecular complexity index is 469. The van der Waals surface area contributed by atoms with E-state index in [4.69, 9.17) is 0 Å². The van der Waals surface area contributed by atoms with Crippen LogP contribution in [0.3, 0.4) is 0 Å². The van der Waals surface area contributed by atoms with E-state index in [0.29, 0.717) is 32.6 Å². The summed E-state index contributed by atoms with van der Waals surface area (Å²) in [5.74, 6) is 0.448. The summed E-state index contributed by atoms with van der Waals surface area (Å²) in [5, 5.41) is 9.43. The molecule has 1 atom stereocenters. The summed E-state index contributed by atoms with van der Waals surface area (Å²) < 4.78 is 4.39. The largest absolute Gasteiger partial charge is 0.466 e. The number of hydrogen-bond acceptors (Lipinski definition) is 7. The molecule has 9 heteroatoms. The molecule has 0 aromatic heterocycles. The number of unbranched alkanes of at least 4 members (excludes halogenated alkanes) is 1. The maximum atomic E-state index is 11.7. The smallest absolute Gasteiger partial charge is 0.330 e. The van der Waals surface area contributed by atoms with Gasteiger partial charge in [0.1, 0.15) is 0 Å². The molecule has 148 valence electrons. The summed E-state index contributed by atoms with van der Waals surface area (Å²) in [6.45, 7) is 2.25. The highest BCUT2D eigenvalue weighted by atomic mass is 33.1. The minimum atomic E-state index is -0.564. The summed E-state index contributed by atoms with van der Waals surface area (Å²) in [7, 11) is 5.20. The lowest BCUT2D eigenvalue weighted by Gasteiger charge is -2.08. The van der Waals surface area contributed by atoms with E-state index < -0.39 is 5.97 Å². The Morgan fingerprint density at radius 3 is 2.54 bits per heavy atom. The van der Waals surface area contributed by atoms with E-state index >= 15 is 0 Å². The quantitative estimate of drug-likeness (QED) is 0.184. The van der Waals surface area contributed by atoms with Gasteiger partial charge in [-0.3, -0.25) is 9.59 Å². The number of carbonyl (C=O) groups is 3. The van der Waals surface area contributed by atoms with Crippen molar-refractivity contribution in [3.05, 3.63) is 12.2 Å². The first-order chi connectivity index (χ1) is 12.6. The molecule has 3 N–H and O–H groups in total. The first-order valence-corrected chi connectivity index (χ1v) is 11.3. The molecule has 1 saturated heterocycles. The van der Waals surface area contributed by atoms with E-state index in [0.717, 1.165) is 30.2 Å². The highest BCUT2D eigenvalue weighted by molar-refractivity contribution is 8.77. The van der Waals surface area contributed by atoms with Crippen LogP contribution >= 0.6 is 21.6 Å². The Labute approximate surface area is 163 Å². The molecular weight excluding hydrogens is 374 g/mol. The highest BCUT2D eigenvalue weighted by Crippen LogP contribution is 2.39. The molecule has 1 heterocycles. The van der Waals surface area contributed by atoms with Crippen LogP contribution in [0.15, 0.2) is 12.2 Å². The van der Waals surface area contributed by atoms with Crippen molar-refractivity contribution >= 4 is 39.4 Å². The van der Waals surface area contributed by atoms with Crippen LogP contribution in [0.5, 0.6) is 0 Å². The number of amides is 2. The average molecular weight is 404 g/mol. The standard InChI is InChI=1S/C17H29N3O4S2/c1-24-17(23)7-6-16(22)20-12-10-18-9-11-19-15(21)5-3-2-4-14-8-13-25-26-14/h6-7,14,18H,2-5,8-13H2,1H3,(H,19,21)(H,20,22)/b7-6+/t14-/m1/s1. The van der Waals surface area contributed by atoms with Gasteiger partial charge in [0.2, 0.25) is 11.8 Å². The molecule has 0 unspecified atom stereocenters. The molecule has 1 aliphatic rings. The monoisotopic (exact) mass is 403 g/mol. The highest BCUT2D eigenvalue weighted by Gasteiger charge is 2.15. The lowest BCUT2D eigenvalue weighted by molar-refractivity contribution is -0.135. The normalized spacial score (nSPS) is 16.6. The fraction of sp³-hybridized carbons (Fsp3) is 0.706. The van der Waals surface area contributed by atoms with Gasteiger partial charge in [-0.15, -0.1) is 0 Å². The van der Waals surface area contributed by atoms with Crippen LogP contribution in [-0.2, 0) is 19.1 Å². The van der Waals surface area contributed by atoms with E-state index in [-0.39, 0.29) is 11.8 Å². The van der Waals surface area contributed by atoms with Gasteiger partial charge >= 0.3 is 5.97 Å². The molecule has 26 heavy (non-hydrogen) atoms. The van der Waals surface area contributed by atoms with Crippen molar-refractivity contribution in [2.24, 2.45) is 0 Å². The molecule has 0 radical (unpaired) electrons. The number of rotatable bonds is 13. The molecule has 0 aromatic carbocycles. The molecular formula is C17H29N3O4S2. The first kappa shape index (κ1) is 22.9. The first-order valence-electron chi connectivity index (χ1n) is 8.91. The van der Waals surface area contributed by atoms with Gasteiger partial charge < -0.3 is 20.7 Å². The molecule has 7 nitrogen and oxygen atoms in total. The van der Waals surface area contributed by atoms with Crippen LogP contribution in [0.2, 0.25) is 0 Å². The third-order valence-electron chi connectivity index (χ3n) is 3.70. The number of methoxy groups -OCH3 is 1. The van der Waals surface area contributed by atoms with Gasteiger partial charge in [0.05, 0.1) is 7.11 Å². The van der Waals surface area contributed by atoms with Crippen molar-refractivity contribution in [1.82, 2.24) is 16.0 Å². The van der Waals surface area contributed by atoms with E-state index in [1.807, 2.05) is 21.6 Å². The fourth-order valence-corrected chi connectivity index (χ4v) is 5.30. The molecule has 1 fully saturated rings. The number of ether oxygens (including phenoxy) is 1. The molecule has 1 rings (SSSR count). The summed E-state index contributed by atoms with van der Waals surface area (Å²) >= 11 is 0. The summed E-state index contributed by atoms with van der Waals surface area (Å²) in [6, 6.07) is 0. The van der Waals surface area contributed by atoms with Crippen molar-refractivity contribution in [1.29, 1.82) is 0 Å². The lowest BCUT2D eigenvalue weighted by Crippen LogP contribution is -2.36. The minimum absolute atomic E-state index is 0.0986. The average Bonchev–Trinajstić information content (AvgIpc) is 3.15. The van der Waals surface area contributed by atoms with Crippen LogP contribution in [0.1, 0.15) is 32.1 Å². The van der Waals surface area contributed by atoms with Gasteiger partial charge in [0.25, 0.3) is 0 Å². The van der Waals surface area contributed by atoms with Crippen molar-refractivity contribution in [3.63, 3.8) is 0 Å². The second-order valence-electron chi connectivity index (χ2n) is 5.82. The predicted molar refractivity (Wildman–Crippen MR) is 107 cm³/mol. The fourth-order valence-electron chi connectivity index (χ4n) is 2.27. The van der Waals surface area contributed by atoms with Gasteiger partial charge in [0, 0.05) is 55.8 Å². The van der Waals surface area contributed by atoms with Crippen molar-refractivity contribution < 1.29 is 19.1 Å². The molecule has 0 saturated carbocycles. The van der Waals surface area contributed by atoms with E-state index in [9.17, 15) is 14.4 Å². The van der Waals surface area contributed by atoms with Crippen LogP contribution in [0.25, 0.3) is 0 Å². The number of hydrogen-bond donors (Lipinski definition) is 3. The Balaban J connectivity index is 1.87. The third-order valence-corrected chi connectivity index (χ3v) is 6.71. The van der Waals surface area contributed by atoms with Crippen molar-refractivity contribution in [2.45, 2.75) is 37.4 Å². The minimum Gasteiger partial charge on any atom is -0.466 e. The Morgan fingerprint density at radius 2 is 1.85 bits per heavy atom. The zero-order valence-electron chi connectivity index (χ0n) is 15.3. The molecule has 0 bridgehead atoms. The van der Waals surface area contributed by atoms with Crippen LogP contribution in [0.4, 0.5) is 0 Å². The zero-order chi connectivity index (χ0) is 19.0. The van der Waals surface area contributed by atoms with Gasteiger partial charge in [-0.2, -0.15) is 0 Å². The molecule has 1 aliphatic heterocycles. The molecule has 2 amide bonds. The summed E-state index contributed by atoms with van der Waals surface area (Å²) in [4.78, 5) is 33.9. The zero-order valence-corrected chi connectivity index (χ0v) is 16.9. The summed E-state index contributed by atoms with van der Waals surface area (Å²) in [5.41, 5.74) is 0.